The fourth-order valence-electron chi connectivity index (χ4n) is 2.37. The highest BCUT2D eigenvalue weighted by Gasteiger charge is 2.37. The van der Waals surface area contributed by atoms with Crippen LogP contribution in [0.3, 0.4) is 0 Å². The molecule has 0 radical (unpaired) electrons. The Morgan fingerprint density at radius 2 is 1.95 bits per heavy atom. The fraction of sp³-hybridized carbons (Fsp3) is 0.538. The molecule has 0 bridgehead atoms. The zero-order chi connectivity index (χ0) is 13.9. The number of halogens is 3. The van der Waals surface area contributed by atoms with E-state index in [4.69, 9.17) is 5.11 Å². The molecule has 2 N–H and O–H groups in total. The van der Waals surface area contributed by atoms with Gasteiger partial charge in [-0.2, -0.15) is 13.2 Å². The highest BCUT2D eigenvalue weighted by molar-refractivity contribution is 5.20. The zero-order valence-electron chi connectivity index (χ0n) is 10.4. The predicted octanol–water partition coefficient (Wildman–Crippen LogP) is 1.56. The third-order valence-electron chi connectivity index (χ3n) is 3.33. The molecule has 3 nitrogen and oxygen atoms in total. The predicted molar refractivity (Wildman–Crippen MR) is 65.7 cm³/mol. The average Bonchev–Trinajstić information content (AvgIpc) is 2.38. The Balaban J connectivity index is 2.07. The summed E-state index contributed by atoms with van der Waals surface area (Å²) in [6.45, 7) is -0.658. The normalized spacial score (nSPS) is 25.5. The minimum atomic E-state index is -4.24. The summed E-state index contributed by atoms with van der Waals surface area (Å²) in [5, 5.41) is 12.3. The number of hydrogen-bond acceptors (Lipinski definition) is 3. The van der Waals surface area contributed by atoms with Gasteiger partial charge in [0.05, 0.1) is 13.2 Å². The first kappa shape index (κ1) is 14.3. The molecule has 1 aromatic carbocycles. The topological polar surface area (TPSA) is 35.5 Å². The van der Waals surface area contributed by atoms with Crippen molar-refractivity contribution in [1.82, 2.24) is 10.2 Å². The maximum atomic E-state index is 12.5. The second-order valence-electron chi connectivity index (χ2n) is 4.75. The van der Waals surface area contributed by atoms with E-state index in [1.54, 1.807) is 0 Å². The van der Waals surface area contributed by atoms with Crippen LogP contribution < -0.4 is 5.32 Å². The Kier molecular flexibility index (Phi) is 4.44. The molecule has 0 spiro atoms. The Morgan fingerprint density at radius 1 is 1.26 bits per heavy atom. The van der Waals surface area contributed by atoms with E-state index < -0.39 is 18.8 Å². The van der Waals surface area contributed by atoms with Crippen LogP contribution in [0.1, 0.15) is 11.6 Å². The molecular formula is C13H17F3N2O. The number of aliphatic hydroxyl groups is 1. The first-order valence-electron chi connectivity index (χ1n) is 6.19. The van der Waals surface area contributed by atoms with E-state index >= 15 is 0 Å². The zero-order valence-corrected chi connectivity index (χ0v) is 10.4. The molecule has 2 atom stereocenters. The van der Waals surface area contributed by atoms with Gasteiger partial charge in [0.25, 0.3) is 0 Å². The summed E-state index contributed by atoms with van der Waals surface area (Å²) in [5.41, 5.74) is 0.964. The lowest BCUT2D eigenvalue weighted by atomic mass is 10.0. The second kappa shape index (κ2) is 5.90. The highest BCUT2D eigenvalue weighted by Crippen LogP contribution is 2.24. The van der Waals surface area contributed by atoms with E-state index in [1.807, 2.05) is 30.3 Å². The molecule has 1 fully saturated rings. The minimum absolute atomic E-state index is 0.133. The lowest BCUT2D eigenvalue weighted by Crippen LogP contribution is -2.56. The van der Waals surface area contributed by atoms with Crippen molar-refractivity contribution in [3.05, 3.63) is 35.9 Å². The van der Waals surface area contributed by atoms with E-state index in [0.29, 0.717) is 6.54 Å². The molecule has 1 aromatic rings. The summed E-state index contributed by atoms with van der Waals surface area (Å²) in [7, 11) is 0. The Bertz CT molecular complexity index is 397. The van der Waals surface area contributed by atoms with Gasteiger partial charge in [-0.3, -0.25) is 4.90 Å². The van der Waals surface area contributed by atoms with Gasteiger partial charge in [0.2, 0.25) is 0 Å². The first-order valence-corrected chi connectivity index (χ1v) is 6.19. The number of nitrogens with zero attached hydrogens (tertiary/aromatic N) is 1. The Labute approximate surface area is 110 Å². The molecule has 6 heteroatoms. The van der Waals surface area contributed by atoms with Gasteiger partial charge in [0.15, 0.2) is 0 Å². The van der Waals surface area contributed by atoms with Gasteiger partial charge in [-0.15, -0.1) is 0 Å². The van der Waals surface area contributed by atoms with Crippen LogP contribution in [0.2, 0.25) is 0 Å². The highest BCUT2D eigenvalue weighted by atomic mass is 19.4. The molecule has 1 aliphatic heterocycles. The largest absolute Gasteiger partial charge is 0.401 e. The fourth-order valence-corrected chi connectivity index (χ4v) is 2.37. The van der Waals surface area contributed by atoms with Gasteiger partial charge in [0, 0.05) is 25.2 Å². The number of nitrogens with one attached hydrogen (secondary N) is 1. The third-order valence-corrected chi connectivity index (χ3v) is 3.33. The van der Waals surface area contributed by atoms with Crippen LogP contribution >= 0.6 is 0 Å². The molecule has 1 saturated heterocycles. The van der Waals surface area contributed by atoms with Crippen molar-refractivity contribution in [2.24, 2.45) is 0 Å². The summed E-state index contributed by atoms with van der Waals surface area (Å²) < 4.78 is 37.6. The molecule has 1 aliphatic rings. The smallest absolute Gasteiger partial charge is 0.395 e. The molecule has 0 saturated carbocycles. The van der Waals surface area contributed by atoms with Crippen LogP contribution in [-0.2, 0) is 0 Å². The maximum absolute atomic E-state index is 12.5. The van der Waals surface area contributed by atoms with Crippen LogP contribution in [0.4, 0.5) is 13.2 Å². The summed E-state index contributed by atoms with van der Waals surface area (Å²) in [6, 6.07) is 8.77. The Morgan fingerprint density at radius 3 is 2.53 bits per heavy atom. The van der Waals surface area contributed by atoms with Crippen LogP contribution in [0.15, 0.2) is 30.3 Å². The van der Waals surface area contributed by atoms with Gasteiger partial charge >= 0.3 is 6.18 Å². The number of piperazine rings is 1. The molecule has 2 unspecified atom stereocenters. The lowest BCUT2D eigenvalue weighted by Gasteiger charge is -2.40. The SMILES string of the molecule is OCC1CNC(c2ccccc2)CN1CC(F)(F)F. The van der Waals surface area contributed by atoms with Crippen molar-refractivity contribution in [2.75, 3.05) is 26.2 Å². The number of rotatable bonds is 3. The molecule has 0 aromatic heterocycles. The van der Waals surface area contributed by atoms with Crippen LogP contribution in [-0.4, -0.2) is 48.5 Å². The summed E-state index contributed by atoms with van der Waals surface area (Å²) >= 11 is 0. The molecule has 1 heterocycles. The monoisotopic (exact) mass is 274 g/mol. The van der Waals surface area contributed by atoms with E-state index in [9.17, 15) is 13.2 Å². The standard InChI is InChI=1S/C13H17F3N2O/c14-13(15,16)9-18-7-12(17-6-11(18)8-19)10-4-2-1-3-5-10/h1-5,11-12,17,19H,6-9H2. The van der Waals surface area contributed by atoms with Crippen molar-refractivity contribution in [3.8, 4) is 0 Å². The molecular weight excluding hydrogens is 257 g/mol. The quantitative estimate of drug-likeness (QED) is 0.878. The minimum Gasteiger partial charge on any atom is -0.395 e. The van der Waals surface area contributed by atoms with Crippen molar-refractivity contribution >= 4 is 0 Å². The van der Waals surface area contributed by atoms with Crippen molar-refractivity contribution in [1.29, 1.82) is 0 Å². The van der Waals surface area contributed by atoms with Crippen LogP contribution in [0.25, 0.3) is 0 Å². The van der Waals surface area contributed by atoms with Gasteiger partial charge in [-0.05, 0) is 5.56 Å². The summed E-state index contributed by atoms with van der Waals surface area (Å²) in [4.78, 5) is 1.30. The van der Waals surface area contributed by atoms with E-state index in [0.717, 1.165) is 5.56 Å². The Hall–Kier alpha value is -1.11. The third kappa shape index (κ3) is 3.92. The molecule has 2 rings (SSSR count). The second-order valence-corrected chi connectivity index (χ2v) is 4.75. The van der Waals surface area contributed by atoms with Crippen LogP contribution in [0.5, 0.6) is 0 Å². The average molecular weight is 274 g/mol. The van der Waals surface area contributed by atoms with E-state index in [1.165, 1.54) is 4.90 Å². The number of aliphatic hydroxyl groups excluding tert-OH is 1. The summed E-state index contributed by atoms with van der Waals surface area (Å²) in [6.07, 6.45) is -4.24. The van der Waals surface area contributed by atoms with Crippen LogP contribution in [0, 0.1) is 0 Å². The maximum Gasteiger partial charge on any atom is 0.401 e. The van der Waals surface area contributed by atoms with Gasteiger partial charge < -0.3 is 10.4 Å². The number of hydrogen-bond donors (Lipinski definition) is 2. The lowest BCUT2D eigenvalue weighted by molar-refractivity contribution is -0.156. The first-order chi connectivity index (χ1) is 8.99. The van der Waals surface area contributed by atoms with Crippen molar-refractivity contribution in [3.63, 3.8) is 0 Å². The van der Waals surface area contributed by atoms with E-state index in [2.05, 4.69) is 5.32 Å². The van der Waals surface area contributed by atoms with Crippen molar-refractivity contribution < 1.29 is 18.3 Å². The number of benzene rings is 1. The summed E-state index contributed by atoms with van der Waals surface area (Å²) in [5.74, 6) is 0. The number of alkyl halides is 3. The molecule has 0 amide bonds. The van der Waals surface area contributed by atoms with E-state index in [-0.39, 0.29) is 19.2 Å². The van der Waals surface area contributed by atoms with Gasteiger partial charge in [0.1, 0.15) is 0 Å². The van der Waals surface area contributed by atoms with Gasteiger partial charge in [-0.25, -0.2) is 0 Å². The van der Waals surface area contributed by atoms with Gasteiger partial charge in [-0.1, -0.05) is 30.3 Å². The molecule has 19 heavy (non-hydrogen) atoms. The van der Waals surface area contributed by atoms with Crippen molar-refractivity contribution in [2.45, 2.75) is 18.3 Å². The molecule has 0 aliphatic carbocycles. The molecule has 106 valence electrons.